The number of thiophene rings is 1. The topological polar surface area (TPSA) is 37.4 Å². The lowest BCUT2D eigenvalue weighted by atomic mass is 10.1. The minimum atomic E-state index is -0.0327. The minimum absolute atomic E-state index is 0.0327. The summed E-state index contributed by atoms with van der Waals surface area (Å²) >= 11 is 1.64. The lowest BCUT2D eigenvalue weighted by Crippen LogP contribution is -2.38. The van der Waals surface area contributed by atoms with E-state index in [1.54, 1.807) is 16.2 Å². The van der Waals surface area contributed by atoms with E-state index in [1.165, 1.54) is 4.88 Å². The van der Waals surface area contributed by atoms with Crippen molar-refractivity contribution in [3.63, 3.8) is 0 Å². The van der Waals surface area contributed by atoms with Gasteiger partial charge in [0.1, 0.15) is 5.78 Å². The molecule has 0 N–H and O–H groups in total. The number of hydrogen-bond donors (Lipinski definition) is 0. The molecule has 0 unspecified atom stereocenters. The monoisotopic (exact) mass is 209 g/mol. The van der Waals surface area contributed by atoms with Crippen molar-refractivity contribution in [2.45, 2.75) is 19.4 Å². The number of Topliss-reactive ketones (excluding diaryl/α,β-unsaturated/α-hetero) is 1. The van der Waals surface area contributed by atoms with Crippen molar-refractivity contribution in [3.05, 3.63) is 22.4 Å². The second kappa shape index (κ2) is 3.92. The van der Waals surface area contributed by atoms with E-state index in [-0.39, 0.29) is 18.1 Å². The zero-order valence-electron chi connectivity index (χ0n) is 7.73. The van der Waals surface area contributed by atoms with E-state index in [0.717, 1.165) is 0 Å². The van der Waals surface area contributed by atoms with Crippen LogP contribution in [-0.2, 0) is 16.1 Å². The predicted octanol–water partition coefficient (Wildman–Crippen LogP) is 1.44. The van der Waals surface area contributed by atoms with Crippen LogP contribution in [-0.4, -0.2) is 23.1 Å². The zero-order valence-corrected chi connectivity index (χ0v) is 8.55. The SMILES string of the molecule is O=C1CCN(Cc2cccs2)C(=O)C1. The van der Waals surface area contributed by atoms with E-state index < -0.39 is 0 Å². The summed E-state index contributed by atoms with van der Waals surface area (Å²) in [5, 5.41) is 1.99. The maximum Gasteiger partial charge on any atom is 0.230 e. The molecule has 4 heteroatoms. The van der Waals surface area contributed by atoms with Crippen molar-refractivity contribution in [1.82, 2.24) is 4.90 Å². The highest BCUT2D eigenvalue weighted by Gasteiger charge is 2.23. The average Bonchev–Trinajstić information content (AvgIpc) is 2.62. The van der Waals surface area contributed by atoms with Crippen LogP contribution in [0.25, 0.3) is 0 Å². The molecule has 1 aliphatic heterocycles. The largest absolute Gasteiger partial charge is 0.337 e. The van der Waals surface area contributed by atoms with Gasteiger partial charge in [0.2, 0.25) is 5.91 Å². The standard InChI is InChI=1S/C10H11NO2S/c12-8-3-4-11(10(13)6-8)7-9-2-1-5-14-9/h1-2,5H,3-4,6-7H2. The van der Waals surface area contributed by atoms with E-state index in [4.69, 9.17) is 0 Å². The molecule has 1 fully saturated rings. The van der Waals surface area contributed by atoms with Gasteiger partial charge in [-0.25, -0.2) is 0 Å². The molecular formula is C10H11NO2S. The summed E-state index contributed by atoms with van der Waals surface area (Å²) in [5.41, 5.74) is 0. The second-order valence-corrected chi connectivity index (χ2v) is 4.39. The molecule has 1 aliphatic rings. The Balaban J connectivity index is 1.99. The highest BCUT2D eigenvalue weighted by atomic mass is 32.1. The third-order valence-electron chi connectivity index (χ3n) is 2.29. The van der Waals surface area contributed by atoms with Gasteiger partial charge in [-0.2, -0.15) is 0 Å². The molecule has 0 atom stereocenters. The average molecular weight is 209 g/mol. The van der Waals surface area contributed by atoms with Crippen LogP contribution in [0.3, 0.4) is 0 Å². The number of amides is 1. The molecule has 1 aromatic rings. The van der Waals surface area contributed by atoms with Gasteiger partial charge in [-0.1, -0.05) is 6.07 Å². The van der Waals surface area contributed by atoms with Crippen LogP contribution in [0.5, 0.6) is 0 Å². The summed E-state index contributed by atoms with van der Waals surface area (Å²) in [6.07, 6.45) is 0.600. The first-order valence-electron chi connectivity index (χ1n) is 4.57. The van der Waals surface area contributed by atoms with Crippen LogP contribution in [0.2, 0.25) is 0 Å². The first-order valence-corrected chi connectivity index (χ1v) is 5.45. The molecule has 3 nitrogen and oxygen atoms in total. The van der Waals surface area contributed by atoms with E-state index in [1.807, 2.05) is 17.5 Å². The molecule has 1 amide bonds. The molecule has 2 rings (SSSR count). The lowest BCUT2D eigenvalue weighted by molar-refractivity contribution is -0.139. The smallest absolute Gasteiger partial charge is 0.230 e. The Kier molecular flexibility index (Phi) is 2.63. The minimum Gasteiger partial charge on any atom is -0.337 e. The maximum absolute atomic E-state index is 11.4. The van der Waals surface area contributed by atoms with E-state index in [9.17, 15) is 9.59 Å². The summed E-state index contributed by atoms with van der Waals surface area (Å²) in [6, 6.07) is 3.98. The summed E-state index contributed by atoms with van der Waals surface area (Å²) in [7, 11) is 0. The third kappa shape index (κ3) is 2.01. The van der Waals surface area contributed by atoms with Gasteiger partial charge in [0.15, 0.2) is 0 Å². The molecule has 1 aromatic heterocycles. The molecule has 0 aliphatic carbocycles. The number of likely N-dealkylation sites (tertiary alicyclic amines) is 1. The van der Waals surface area contributed by atoms with Crippen molar-refractivity contribution in [2.24, 2.45) is 0 Å². The number of carbonyl (C=O) groups is 2. The number of piperidine rings is 1. The van der Waals surface area contributed by atoms with Crippen LogP contribution < -0.4 is 0 Å². The molecule has 0 saturated carbocycles. The molecule has 0 aromatic carbocycles. The van der Waals surface area contributed by atoms with E-state index in [0.29, 0.717) is 19.5 Å². The molecule has 0 bridgehead atoms. The summed E-state index contributed by atoms with van der Waals surface area (Å²) in [6.45, 7) is 1.24. The predicted molar refractivity (Wildman–Crippen MR) is 54.0 cm³/mol. The van der Waals surface area contributed by atoms with Crippen molar-refractivity contribution in [3.8, 4) is 0 Å². The number of nitrogens with zero attached hydrogens (tertiary/aromatic N) is 1. The van der Waals surface area contributed by atoms with Gasteiger partial charge in [0, 0.05) is 17.8 Å². The summed E-state index contributed by atoms with van der Waals surface area (Å²) in [4.78, 5) is 25.3. The Morgan fingerprint density at radius 2 is 2.29 bits per heavy atom. The van der Waals surface area contributed by atoms with Gasteiger partial charge >= 0.3 is 0 Å². The Hall–Kier alpha value is -1.16. The van der Waals surface area contributed by atoms with E-state index >= 15 is 0 Å². The fraction of sp³-hybridized carbons (Fsp3) is 0.400. The van der Waals surface area contributed by atoms with Crippen LogP contribution in [0.1, 0.15) is 17.7 Å². The Bertz CT molecular complexity index is 345. The lowest BCUT2D eigenvalue weighted by Gasteiger charge is -2.25. The van der Waals surface area contributed by atoms with Crippen molar-refractivity contribution in [1.29, 1.82) is 0 Å². The van der Waals surface area contributed by atoms with Crippen molar-refractivity contribution >= 4 is 23.0 Å². The third-order valence-corrected chi connectivity index (χ3v) is 3.15. The van der Waals surface area contributed by atoms with Gasteiger partial charge in [-0.05, 0) is 11.4 Å². The Morgan fingerprint density at radius 3 is 2.93 bits per heavy atom. The van der Waals surface area contributed by atoms with Crippen LogP contribution in [0.15, 0.2) is 17.5 Å². The summed E-state index contributed by atoms with van der Waals surface area (Å²) in [5.74, 6) is 0.0343. The first kappa shape index (κ1) is 9.40. The highest BCUT2D eigenvalue weighted by Crippen LogP contribution is 2.15. The fourth-order valence-corrected chi connectivity index (χ4v) is 2.23. The maximum atomic E-state index is 11.4. The highest BCUT2D eigenvalue weighted by molar-refractivity contribution is 7.09. The summed E-state index contributed by atoms with van der Waals surface area (Å²) < 4.78 is 0. The molecule has 1 saturated heterocycles. The van der Waals surface area contributed by atoms with Gasteiger partial charge in [0.05, 0.1) is 13.0 Å². The van der Waals surface area contributed by atoms with Gasteiger partial charge < -0.3 is 4.90 Å². The van der Waals surface area contributed by atoms with Gasteiger partial charge in [-0.15, -0.1) is 11.3 Å². The number of rotatable bonds is 2. The molecule has 2 heterocycles. The molecule has 0 radical (unpaired) electrons. The molecule has 74 valence electrons. The van der Waals surface area contributed by atoms with Crippen LogP contribution in [0, 0.1) is 0 Å². The van der Waals surface area contributed by atoms with Crippen molar-refractivity contribution < 1.29 is 9.59 Å². The molecule has 0 spiro atoms. The molecule has 14 heavy (non-hydrogen) atoms. The van der Waals surface area contributed by atoms with Gasteiger partial charge in [0.25, 0.3) is 0 Å². The Labute approximate surface area is 86.3 Å². The van der Waals surface area contributed by atoms with Crippen molar-refractivity contribution in [2.75, 3.05) is 6.54 Å². The zero-order chi connectivity index (χ0) is 9.97. The van der Waals surface area contributed by atoms with Gasteiger partial charge in [-0.3, -0.25) is 9.59 Å². The first-order chi connectivity index (χ1) is 6.75. The quantitative estimate of drug-likeness (QED) is 0.691. The number of hydrogen-bond acceptors (Lipinski definition) is 3. The Morgan fingerprint density at radius 1 is 1.43 bits per heavy atom. The van der Waals surface area contributed by atoms with E-state index in [2.05, 4.69) is 0 Å². The van der Waals surface area contributed by atoms with Crippen LogP contribution >= 0.6 is 11.3 Å². The molecular weight excluding hydrogens is 198 g/mol. The fourth-order valence-electron chi connectivity index (χ4n) is 1.51. The number of ketones is 1. The normalized spacial score (nSPS) is 17.6. The number of carbonyl (C=O) groups excluding carboxylic acids is 2. The second-order valence-electron chi connectivity index (χ2n) is 3.36. The van der Waals surface area contributed by atoms with Crippen LogP contribution in [0.4, 0.5) is 0 Å².